The average Bonchev–Trinajstić information content (AvgIpc) is 2.92. The molecule has 0 radical (unpaired) electrons. The minimum Gasteiger partial charge on any atom is -0.494 e. The maximum absolute atomic E-state index is 12.4. The molecule has 2 heterocycles. The third-order valence-corrected chi connectivity index (χ3v) is 4.93. The van der Waals surface area contributed by atoms with Crippen LogP contribution in [0.1, 0.15) is 44.4 Å². The van der Waals surface area contributed by atoms with Gasteiger partial charge < -0.3 is 5.11 Å². The third kappa shape index (κ3) is 3.21. The Labute approximate surface area is 159 Å². The summed E-state index contributed by atoms with van der Waals surface area (Å²) in [5, 5.41) is 21.8. The number of nitrogens with one attached hydrogen (secondary N) is 1. The van der Waals surface area contributed by atoms with Crippen LogP contribution in [0.15, 0.2) is 28.0 Å². The summed E-state index contributed by atoms with van der Waals surface area (Å²) < 4.78 is 1.63. The Bertz CT molecular complexity index is 1130. The molecule has 2 N–H and O–H groups in total. The van der Waals surface area contributed by atoms with Crippen molar-refractivity contribution in [3.8, 4) is 5.88 Å². The summed E-state index contributed by atoms with van der Waals surface area (Å²) in [6, 6.07) is 4.24. The van der Waals surface area contributed by atoms with Crippen LogP contribution in [0.3, 0.4) is 0 Å². The first-order chi connectivity index (χ1) is 12.7. The Morgan fingerprint density at radius 1 is 1.48 bits per heavy atom. The lowest BCUT2D eigenvalue weighted by molar-refractivity contribution is -0.384. The molecule has 8 nitrogen and oxygen atoms in total. The van der Waals surface area contributed by atoms with E-state index in [0.717, 1.165) is 0 Å². The molecule has 0 unspecified atom stereocenters. The van der Waals surface area contributed by atoms with E-state index in [9.17, 15) is 20.0 Å². The van der Waals surface area contributed by atoms with E-state index in [1.54, 1.807) is 13.0 Å². The molecule has 0 fully saturated rings. The quantitative estimate of drug-likeness (QED) is 0.466. The van der Waals surface area contributed by atoms with E-state index in [2.05, 4.69) is 9.98 Å². The van der Waals surface area contributed by atoms with Crippen LogP contribution in [0.2, 0.25) is 0 Å². The van der Waals surface area contributed by atoms with Gasteiger partial charge in [0, 0.05) is 35.0 Å². The van der Waals surface area contributed by atoms with Crippen LogP contribution in [-0.4, -0.2) is 25.3 Å². The Kier molecular flexibility index (Phi) is 4.79. The van der Waals surface area contributed by atoms with Gasteiger partial charge in [-0.2, -0.15) is 0 Å². The number of aromatic hydroxyl groups is 1. The number of nitro benzene ring substituents is 1. The van der Waals surface area contributed by atoms with Crippen molar-refractivity contribution < 1.29 is 10.0 Å². The summed E-state index contributed by atoms with van der Waals surface area (Å²) in [4.78, 5) is 30.0. The normalized spacial score (nSPS) is 15.5. The molecule has 140 valence electrons. The van der Waals surface area contributed by atoms with Crippen molar-refractivity contribution >= 4 is 41.0 Å². The fourth-order valence-corrected chi connectivity index (χ4v) is 3.35. The molecule has 0 spiro atoms. The smallest absolute Gasteiger partial charge is 0.270 e. The predicted molar refractivity (Wildman–Crippen MR) is 106 cm³/mol. The zero-order chi connectivity index (χ0) is 19.9. The standard InChI is InChI=1S/C18H18N4O4S/c1-4-9(2)21-17(24)14(16(23)20-18(21)27)8-12-10(3)19-15-6-5-11(22(25)26)7-13(12)15/h5-9,24H,4H2,1-3H3,(H,20,23,27)/b12-8-/t9-/m0/s1. The molecule has 0 saturated carbocycles. The summed E-state index contributed by atoms with van der Waals surface area (Å²) in [6.07, 6.45) is 2.20. The Hall–Kier alpha value is -3.07. The number of rotatable bonds is 4. The van der Waals surface area contributed by atoms with Gasteiger partial charge in [0.2, 0.25) is 5.88 Å². The van der Waals surface area contributed by atoms with Gasteiger partial charge in [0.15, 0.2) is 4.77 Å². The van der Waals surface area contributed by atoms with Gasteiger partial charge in [-0.05, 0) is 44.6 Å². The fraction of sp³-hybridized carbons (Fsp3) is 0.278. The van der Waals surface area contributed by atoms with E-state index < -0.39 is 10.5 Å². The van der Waals surface area contributed by atoms with Gasteiger partial charge in [0.25, 0.3) is 11.2 Å². The van der Waals surface area contributed by atoms with Crippen LogP contribution in [0.4, 0.5) is 11.4 Å². The number of nitro groups is 1. The summed E-state index contributed by atoms with van der Waals surface area (Å²) >= 11 is 5.17. The third-order valence-electron chi connectivity index (χ3n) is 4.63. The second-order valence-electron chi connectivity index (χ2n) is 6.34. The fourth-order valence-electron chi connectivity index (χ4n) is 2.99. The molecule has 2 aromatic rings. The number of aromatic nitrogens is 2. The predicted octanol–water partition coefficient (Wildman–Crippen LogP) is 4.14. The zero-order valence-electron chi connectivity index (χ0n) is 15.0. The molecule has 0 amide bonds. The summed E-state index contributed by atoms with van der Waals surface area (Å²) in [7, 11) is 0. The molecule has 0 aliphatic carbocycles. The Morgan fingerprint density at radius 2 is 2.19 bits per heavy atom. The maximum atomic E-state index is 12.4. The SMILES string of the molecule is CC[C@H](C)n1c(O)c(/C=C2/C(C)=Nc3ccc([N+](=O)[O-])cc32)c(=O)[nH]c1=S. The Morgan fingerprint density at radius 3 is 2.81 bits per heavy atom. The number of non-ortho nitro benzene ring substituents is 1. The number of nitrogens with zero attached hydrogens (tertiary/aromatic N) is 3. The van der Waals surface area contributed by atoms with Crippen LogP contribution in [-0.2, 0) is 0 Å². The first kappa shape index (κ1) is 18.7. The lowest BCUT2D eigenvalue weighted by Gasteiger charge is -2.17. The number of hydrogen-bond donors (Lipinski definition) is 2. The van der Waals surface area contributed by atoms with Gasteiger partial charge in [0.1, 0.15) is 5.56 Å². The van der Waals surface area contributed by atoms with Crippen molar-refractivity contribution in [2.24, 2.45) is 4.99 Å². The van der Waals surface area contributed by atoms with Crippen LogP contribution in [0.5, 0.6) is 5.88 Å². The molecule has 0 bridgehead atoms. The lowest BCUT2D eigenvalue weighted by atomic mass is 10.0. The largest absolute Gasteiger partial charge is 0.494 e. The molecule has 9 heteroatoms. The molecular weight excluding hydrogens is 368 g/mol. The molecule has 1 atom stereocenters. The highest BCUT2D eigenvalue weighted by Gasteiger charge is 2.23. The number of allylic oxidation sites excluding steroid dienone is 1. The van der Waals surface area contributed by atoms with E-state index in [1.165, 1.54) is 22.8 Å². The second kappa shape index (κ2) is 6.92. The topological polar surface area (TPSA) is 114 Å². The highest BCUT2D eigenvalue weighted by Crippen LogP contribution is 2.38. The molecule has 1 aromatic heterocycles. The highest BCUT2D eigenvalue weighted by atomic mass is 32.1. The molecule has 0 saturated heterocycles. The van der Waals surface area contributed by atoms with Crippen molar-refractivity contribution in [1.82, 2.24) is 9.55 Å². The minimum atomic E-state index is -0.531. The van der Waals surface area contributed by atoms with E-state index in [0.29, 0.717) is 29.0 Å². The zero-order valence-corrected chi connectivity index (χ0v) is 15.8. The number of aliphatic imine (C=N–C) groups is 1. The van der Waals surface area contributed by atoms with Crippen molar-refractivity contribution in [3.05, 3.63) is 54.6 Å². The first-order valence-corrected chi connectivity index (χ1v) is 8.79. The minimum absolute atomic E-state index is 0.0350. The van der Waals surface area contributed by atoms with Gasteiger partial charge in [-0.15, -0.1) is 0 Å². The molecule has 1 aromatic carbocycles. The number of H-pyrrole nitrogens is 1. The van der Waals surface area contributed by atoms with Gasteiger partial charge >= 0.3 is 0 Å². The van der Waals surface area contributed by atoms with Gasteiger partial charge in [-0.1, -0.05) is 6.92 Å². The number of fused-ring (bicyclic) bond motifs is 1. The number of aromatic amines is 1. The van der Waals surface area contributed by atoms with Gasteiger partial charge in [-0.25, -0.2) is 0 Å². The highest BCUT2D eigenvalue weighted by molar-refractivity contribution is 7.71. The van der Waals surface area contributed by atoms with Crippen LogP contribution >= 0.6 is 12.2 Å². The Balaban J connectivity index is 2.24. The van der Waals surface area contributed by atoms with Crippen molar-refractivity contribution in [2.75, 3.05) is 0 Å². The monoisotopic (exact) mass is 386 g/mol. The van der Waals surface area contributed by atoms with Gasteiger partial charge in [-0.3, -0.25) is 29.5 Å². The number of hydrogen-bond acceptors (Lipinski definition) is 6. The summed E-state index contributed by atoms with van der Waals surface area (Å²) in [6.45, 7) is 5.57. The second-order valence-corrected chi connectivity index (χ2v) is 6.72. The lowest BCUT2D eigenvalue weighted by Crippen LogP contribution is -2.19. The van der Waals surface area contributed by atoms with Crippen LogP contribution in [0, 0.1) is 14.9 Å². The number of benzene rings is 1. The molecule has 27 heavy (non-hydrogen) atoms. The molecule has 1 aliphatic rings. The molecular formula is C18H18N4O4S. The van der Waals surface area contributed by atoms with Crippen molar-refractivity contribution in [2.45, 2.75) is 33.2 Å². The van der Waals surface area contributed by atoms with E-state index in [1.807, 2.05) is 13.8 Å². The maximum Gasteiger partial charge on any atom is 0.270 e. The van der Waals surface area contributed by atoms with E-state index >= 15 is 0 Å². The van der Waals surface area contributed by atoms with E-state index in [4.69, 9.17) is 12.2 Å². The summed E-state index contributed by atoms with van der Waals surface area (Å²) in [5.74, 6) is -0.239. The summed E-state index contributed by atoms with van der Waals surface area (Å²) in [5.41, 5.74) is 1.69. The molecule has 3 rings (SSSR count). The van der Waals surface area contributed by atoms with E-state index in [-0.39, 0.29) is 27.9 Å². The van der Waals surface area contributed by atoms with Crippen molar-refractivity contribution in [3.63, 3.8) is 0 Å². The molecule has 1 aliphatic heterocycles. The van der Waals surface area contributed by atoms with Gasteiger partial charge in [0.05, 0.1) is 10.6 Å². The average molecular weight is 386 g/mol. The van der Waals surface area contributed by atoms with Crippen LogP contribution in [0.25, 0.3) is 11.6 Å². The van der Waals surface area contributed by atoms with Crippen molar-refractivity contribution in [1.29, 1.82) is 0 Å². The van der Waals surface area contributed by atoms with Crippen LogP contribution < -0.4 is 5.56 Å². The first-order valence-electron chi connectivity index (χ1n) is 8.38.